The molecule has 3 nitrogen and oxygen atoms in total. The van der Waals surface area contributed by atoms with E-state index < -0.39 is 0 Å². The van der Waals surface area contributed by atoms with E-state index in [1.54, 1.807) is 0 Å². The third-order valence-electron chi connectivity index (χ3n) is 4.35. The molecule has 19 heavy (non-hydrogen) atoms. The molecule has 2 rings (SSSR count). The van der Waals surface area contributed by atoms with E-state index in [0.29, 0.717) is 18.5 Å². The lowest BCUT2D eigenvalue weighted by Gasteiger charge is -2.27. The lowest BCUT2D eigenvalue weighted by atomic mass is 10.1. The van der Waals surface area contributed by atoms with Crippen LogP contribution in [0.15, 0.2) is 0 Å². The Labute approximate surface area is 118 Å². The van der Waals surface area contributed by atoms with Crippen molar-refractivity contribution in [3.63, 3.8) is 0 Å². The Balaban J connectivity index is 1.79. The van der Waals surface area contributed by atoms with Crippen molar-refractivity contribution in [3.05, 3.63) is 0 Å². The van der Waals surface area contributed by atoms with Crippen LogP contribution in [0.25, 0.3) is 0 Å². The Morgan fingerprint density at radius 3 is 2.32 bits per heavy atom. The lowest BCUT2D eigenvalue weighted by molar-refractivity contribution is -0.132. The molecule has 1 saturated heterocycles. The maximum Gasteiger partial charge on any atom is 0.236 e. The van der Waals surface area contributed by atoms with E-state index in [1.165, 1.54) is 44.9 Å². The van der Waals surface area contributed by atoms with E-state index in [2.05, 4.69) is 23.6 Å². The lowest BCUT2D eigenvalue weighted by Crippen LogP contribution is -2.42. The molecule has 0 unspecified atom stereocenters. The predicted molar refractivity (Wildman–Crippen MR) is 79.1 cm³/mol. The Morgan fingerprint density at radius 1 is 1.16 bits per heavy atom. The number of carbonyl (C=O) groups excluding carboxylic acids is 1. The second-order valence-corrected chi connectivity index (χ2v) is 6.68. The van der Waals surface area contributed by atoms with Crippen molar-refractivity contribution in [1.82, 2.24) is 9.80 Å². The highest BCUT2D eigenvalue weighted by molar-refractivity contribution is 5.78. The molecule has 0 aromatic heterocycles. The molecule has 0 N–H and O–H groups in total. The summed E-state index contributed by atoms with van der Waals surface area (Å²) >= 11 is 0. The molecule has 2 fully saturated rings. The number of likely N-dealkylation sites (tertiary alicyclic amines) is 1. The Hall–Kier alpha value is -0.570. The third kappa shape index (κ3) is 5.13. The Morgan fingerprint density at radius 2 is 1.79 bits per heavy atom. The van der Waals surface area contributed by atoms with Crippen LogP contribution in [0, 0.1) is 5.92 Å². The molecule has 0 radical (unpaired) electrons. The van der Waals surface area contributed by atoms with E-state index in [4.69, 9.17) is 0 Å². The molecule has 2 aliphatic rings. The van der Waals surface area contributed by atoms with Crippen LogP contribution in [0.2, 0.25) is 0 Å². The SMILES string of the molecule is CC(C)CCN(CC(=O)N1CCCCCC1)C1CC1. The molecule has 1 aliphatic heterocycles. The van der Waals surface area contributed by atoms with Gasteiger partial charge in [-0.3, -0.25) is 9.69 Å². The zero-order valence-corrected chi connectivity index (χ0v) is 12.7. The minimum Gasteiger partial charge on any atom is -0.342 e. The van der Waals surface area contributed by atoms with Gasteiger partial charge in [0.1, 0.15) is 0 Å². The maximum absolute atomic E-state index is 12.4. The van der Waals surface area contributed by atoms with Gasteiger partial charge in [0.15, 0.2) is 0 Å². The van der Waals surface area contributed by atoms with Gasteiger partial charge in [0.2, 0.25) is 5.91 Å². The Kier molecular flexibility index (Phi) is 5.68. The van der Waals surface area contributed by atoms with Crippen molar-refractivity contribution in [1.29, 1.82) is 0 Å². The summed E-state index contributed by atoms with van der Waals surface area (Å²) in [6, 6.07) is 0.703. The van der Waals surface area contributed by atoms with Gasteiger partial charge >= 0.3 is 0 Å². The molecule has 110 valence electrons. The van der Waals surface area contributed by atoms with Gasteiger partial charge in [-0.1, -0.05) is 26.7 Å². The van der Waals surface area contributed by atoms with Crippen molar-refractivity contribution >= 4 is 5.91 Å². The zero-order chi connectivity index (χ0) is 13.7. The monoisotopic (exact) mass is 266 g/mol. The first-order valence-corrected chi connectivity index (χ1v) is 8.18. The van der Waals surface area contributed by atoms with Gasteiger partial charge in [0.25, 0.3) is 0 Å². The van der Waals surface area contributed by atoms with Crippen LogP contribution in [0.5, 0.6) is 0 Å². The fourth-order valence-corrected chi connectivity index (χ4v) is 2.85. The van der Waals surface area contributed by atoms with Crippen LogP contribution in [0.4, 0.5) is 0 Å². The topological polar surface area (TPSA) is 23.6 Å². The third-order valence-corrected chi connectivity index (χ3v) is 4.35. The summed E-state index contributed by atoms with van der Waals surface area (Å²) in [5.41, 5.74) is 0. The van der Waals surface area contributed by atoms with Crippen LogP contribution in [0.1, 0.15) is 58.8 Å². The summed E-state index contributed by atoms with van der Waals surface area (Å²) in [5.74, 6) is 1.10. The molecule has 1 aliphatic carbocycles. The number of nitrogens with zero attached hydrogens (tertiary/aromatic N) is 2. The maximum atomic E-state index is 12.4. The quantitative estimate of drug-likeness (QED) is 0.738. The first-order valence-electron chi connectivity index (χ1n) is 8.18. The molecular formula is C16H30N2O. The van der Waals surface area contributed by atoms with E-state index in [0.717, 1.165) is 25.6 Å². The normalized spacial score (nSPS) is 20.9. The van der Waals surface area contributed by atoms with E-state index in [-0.39, 0.29) is 0 Å². The summed E-state index contributed by atoms with van der Waals surface area (Å²) in [5, 5.41) is 0. The molecule has 3 heteroatoms. The van der Waals surface area contributed by atoms with Crippen LogP contribution in [0.3, 0.4) is 0 Å². The fraction of sp³-hybridized carbons (Fsp3) is 0.938. The molecular weight excluding hydrogens is 236 g/mol. The average molecular weight is 266 g/mol. The molecule has 0 atom stereocenters. The second-order valence-electron chi connectivity index (χ2n) is 6.68. The van der Waals surface area contributed by atoms with Crippen LogP contribution < -0.4 is 0 Å². The van der Waals surface area contributed by atoms with Crippen molar-refractivity contribution in [3.8, 4) is 0 Å². The highest BCUT2D eigenvalue weighted by atomic mass is 16.2. The van der Waals surface area contributed by atoms with E-state index in [9.17, 15) is 4.79 Å². The first kappa shape index (κ1) is 14.8. The summed E-state index contributed by atoms with van der Waals surface area (Å²) in [4.78, 5) is 17.0. The summed E-state index contributed by atoms with van der Waals surface area (Å²) < 4.78 is 0. The molecule has 0 aromatic carbocycles. The van der Waals surface area contributed by atoms with E-state index >= 15 is 0 Å². The highest BCUT2D eigenvalue weighted by Crippen LogP contribution is 2.27. The zero-order valence-electron chi connectivity index (χ0n) is 12.7. The minimum atomic E-state index is 0.373. The standard InChI is InChI=1S/C16H30N2O/c1-14(2)9-12-18(15-7-8-15)13-16(19)17-10-5-3-4-6-11-17/h14-15H,3-13H2,1-2H3. The van der Waals surface area contributed by atoms with Gasteiger partial charge in [-0.25, -0.2) is 0 Å². The van der Waals surface area contributed by atoms with Gasteiger partial charge in [0.05, 0.1) is 6.54 Å². The van der Waals surface area contributed by atoms with Gasteiger partial charge in [0, 0.05) is 19.1 Å². The molecule has 1 amide bonds. The molecule has 0 bridgehead atoms. The van der Waals surface area contributed by atoms with Gasteiger partial charge in [-0.05, 0) is 44.6 Å². The van der Waals surface area contributed by atoms with Gasteiger partial charge in [-0.15, -0.1) is 0 Å². The van der Waals surface area contributed by atoms with Crippen molar-refractivity contribution in [2.24, 2.45) is 5.92 Å². The van der Waals surface area contributed by atoms with Crippen molar-refractivity contribution < 1.29 is 4.79 Å². The number of carbonyl (C=O) groups is 1. The van der Waals surface area contributed by atoms with Crippen molar-refractivity contribution in [2.45, 2.75) is 64.8 Å². The fourth-order valence-electron chi connectivity index (χ4n) is 2.85. The first-order chi connectivity index (χ1) is 9.16. The van der Waals surface area contributed by atoms with Crippen LogP contribution in [-0.4, -0.2) is 47.9 Å². The summed E-state index contributed by atoms with van der Waals surface area (Å²) in [6.45, 7) is 8.27. The smallest absolute Gasteiger partial charge is 0.236 e. The van der Waals surface area contributed by atoms with Crippen LogP contribution >= 0.6 is 0 Å². The predicted octanol–water partition coefficient (Wildman–Crippen LogP) is 2.90. The van der Waals surface area contributed by atoms with Gasteiger partial charge < -0.3 is 4.90 Å². The molecule has 1 saturated carbocycles. The number of hydrogen-bond donors (Lipinski definition) is 0. The highest BCUT2D eigenvalue weighted by Gasteiger charge is 2.31. The van der Waals surface area contributed by atoms with Crippen LogP contribution in [-0.2, 0) is 4.79 Å². The summed E-state index contributed by atoms with van der Waals surface area (Å²) in [6.07, 6.45) is 8.79. The van der Waals surface area contributed by atoms with Crippen molar-refractivity contribution in [2.75, 3.05) is 26.2 Å². The van der Waals surface area contributed by atoms with E-state index in [1.807, 2.05) is 0 Å². The number of amides is 1. The minimum absolute atomic E-state index is 0.373. The van der Waals surface area contributed by atoms with Gasteiger partial charge in [-0.2, -0.15) is 0 Å². The average Bonchev–Trinajstić information content (AvgIpc) is 3.19. The molecule has 1 heterocycles. The second kappa shape index (κ2) is 7.28. The number of hydrogen-bond acceptors (Lipinski definition) is 2. The number of rotatable bonds is 6. The summed E-state index contributed by atoms with van der Waals surface area (Å²) in [7, 11) is 0. The molecule has 0 aromatic rings. The Bertz CT molecular complexity index is 278. The largest absolute Gasteiger partial charge is 0.342 e. The molecule has 0 spiro atoms.